The molecule has 6 nitrogen and oxygen atoms in total. The summed E-state index contributed by atoms with van der Waals surface area (Å²) in [7, 11) is 0. The number of carbonyl (C=O) groups is 2. The van der Waals surface area contributed by atoms with Crippen molar-refractivity contribution >= 4 is 11.8 Å². The second kappa shape index (κ2) is 6.27. The summed E-state index contributed by atoms with van der Waals surface area (Å²) in [5.74, 6) is 0.825. The highest BCUT2D eigenvalue weighted by Gasteiger charge is 2.33. The number of hydrogen-bond acceptors (Lipinski definition) is 4. The molecule has 0 aliphatic carbocycles. The zero-order valence-corrected chi connectivity index (χ0v) is 11.5. The molecule has 0 radical (unpaired) electrons. The first-order chi connectivity index (χ1) is 9.58. The van der Waals surface area contributed by atoms with Crippen molar-refractivity contribution in [2.45, 2.75) is 26.1 Å². The summed E-state index contributed by atoms with van der Waals surface area (Å²) in [6, 6.07) is 7.24. The van der Waals surface area contributed by atoms with E-state index < -0.39 is 6.10 Å². The Labute approximate surface area is 117 Å². The minimum absolute atomic E-state index is 0.126. The SMILES string of the molecule is CC(=O)NCCNC(=O)[C@H]1Oc2ccccc2O[C@H]1C. The van der Waals surface area contributed by atoms with E-state index >= 15 is 0 Å². The van der Waals surface area contributed by atoms with E-state index in [1.807, 2.05) is 12.1 Å². The molecule has 1 aromatic carbocycles. The molecule has 0 unspecified atom stereocenters. The molecule has 108 valence electrons. The molecule has 0 saturated carbocycles. The summed E-state index contributed by atoms with van der Waals surface area (Å²) >= 11 is 0. The van der Waals surface area contributed by atoms with Crippen molar-refractivity contribution in [3.63, 3.8) is 0 Å². The maximum atomic E-state index is 12.0. The molecular weight excluding hydrogens is 260 g/mol. The minimum atomic E-state index is -0.692. The van der Waals surface area contributed by atoms with Gasteiger partial charge in [-0.05, 0) is 19.1 Å². The third kappa shape index (κ3) is 3.40. The molecule has 20 heavy (non-hydrogen) atoms. The van der Waals surface area contributed by atoms with E-state index in [0.29, 0.717) is 24.6 Å². The molecule has 0 saturated heterocycles. The van der Waals surface area contributed by atoms with E-state index in [0.717, 1.165) is 0 Å². The Morgan fingerprint density at radius 1 is 1.10 bits per heavy atom. The van der Waals surface area contributed by atoms with Gasteiger partial charge in [0, 0.05) is 20.0 Å². The highest BCUT2D eigenvalue weighted by atomic mass is 16.6. The van der Waals surface area contributed by atoms with Crippen LogP contribution in [0.2, 0.25) is 0 Å². The molecule has 0 fully saturated rings. The Bertz CT molecular complexity index is 504. The molecule has 1 aliphatic rings. The first-order valence-electron chi connectivity index (χ1n) is 6.52. The molecule has 0 aromatic heterocycles. The second-order valence-corrected chi connectivity index (χ2v) is 4.58. The fourth-order valence-electron chi connectivity index (χ4n) is 1.93. The summed E-state index contributed by atoms with van der Waals surface area (Å²) in [5, 5.41) is 5.32. The van der Waals surface area contributed by atoms with Crippen LogP contribution >= 0.6 is 0 Å². The number of fused-ring (bicyclic) bond motifs is 1. The van der Waals surface area contributed by atoms with Crippen molar-refractivity contribution in [2.24, 2.45) is 0 Å². The van der Waals surface area contributed by atoms with E-state index in [2.05, 4.69) is 10.6 Å². The Morgan fingerprint density at radius 3 is 2.35 bits per heavy atom. The first-order valence-corrected chi connectivity index (χ1v) is 6.52. The molecule has 1 aromatic rings. The molecule has 2 rings (SSSR count). The molecule has 2 N–H and O–H groups in total. The Balaban J connectivity index is 1.89. The zero-order valence-electron chi connectivity index (χ0n) is 11.5. The molecule has 6 heteroatoms. The third-order valence-electron chi connectivity index (χ3n) is 2.90. The second-order valence-electron chi connectivity index (χ2n) is 4.58. The molecule has 1 aliphatic heterocycles. The highest BCUT2D eigenvalue weighted by Crippen LogP contribution is 2.33. The van der Waals surface area contributed by atoms with Gasteiger partial charge in [-0.3, -0.25) is 9.59 Å². The number of hydrogen-bond donors (Lipinski definition) is 2. The summed E-state index contributed by atoms with van der Waals surface area (Å²) in [4.78, 5) is 22.7. The van der Waals surface area contributed by atoms with Crippen molar-refractivity contribution < 1.29 is 19.1 Å². The van der Waals surface area contributed by atoms with E-state index in [4.69, 9.17) is 9.47 Å². The number of para-hydroxylation sites is 2. The largest absolute Gasteiger partial charge is 0.482 e. The van der Waals surface area contributed by atoms with Crippen LogP contribution in [0, 0.1) is 0 Å². The van der Waals surface area contributed by atoms with Gasteiger partial charge in [0.2, 0.25) is 12.0 Å². The van der Waals surface area contributed by atoms with Crippen LogP contribution in [0.3, 0.4) is 0 Å². The van der Waals surface area contributed by atoms with Crippen LogP contribution in [0.4, 0.5) is 0 Å². The van der Waals surface area contributed by atoms with Crippen LogP contribution in [0.15, 0.2) is 24.3 Å². The average Bonchev–Trinajstić information content (AvgIpc) is 2.42. The van der Waals surface area contributed by atoms with Gasteiger partial charge in [0.1, 0.15) is 6.10 Å². The van der Waals surface area contributed by atoms with Crippen molar-refractivity contribution in [3.05, 3.63) is 24.3 Å². The van der Waals surface area contributed by atoms with Gasteiger partial charge >= 0.3 is 0 Å². The summed E-state index contributed by atoms with van der Waals surface area (Å²) in [6.07, 6.45) is -1.06. The standard InChI is InChI=1S/C14H18N2O4/c1-9-13(14(18)16-8-7-15-10(2)17)20-12-6-4-3-5-11(12)19-9/h3-6,9,13H,7-8H2,1-2H3,(H,15,17)(H,16,18)/t9-,13-/m0/s1. The lowest BCUT2D eigenvalue weighted by molar-refractivity contribution is -0.133. The fraction of sp³-hybridized carbons (Fsp3) is 0.429. The molecule has 0 bridgehead atoms. The lowest BCUT2D eigenvalue weighted by Gasteiger charge is -2.31. The average molecular weight is 278 g/mol. The van der Waals surface area contributed by atoms with Crippen LogP contribution in [0.5, 0.6) is 11.5 Å². The van der Waals surface area contributed by atoms with Crippen LogP contribution in [-0.2, 0) is 9.59 Å². The smallest absolute Gasteiger partial charge is 0.265 e. The van der Waals surface area contributed by atoms with E-state index in [1.54, 1.807) is 19.1 Å². The number of amides is 2. The van der Waals surface area contributed by atoms with Gasteiger partial charge in [0.15, 0.2) is 11.5 Å². The minimum Gasteiger partial charge on any atom is -0.482 e. The topological polar surface area (TPSA) is 76.7 Å². The molecule has 0 spiro atoms. The summed E-state index contributed by atoms with van der Waals surface area (Å²) < 4.78 is 11.3. The van der Waals surface area contributed by atoms with E-state index in [9.17, 15) is 9.59 Å². The lowest BCUT2D eigenvalue weighted by Crippen LogP contribution is -2.50. The number of rotatable bonds is 4. The number of benzene rings is 1. The Morgan fingerprint density at radius 2 is 1.70 bits per heavy atom. The maximum absolute atomic E-state index is 12.0. The third-order valence-corrected chi connectivity index (χ3v) is 2.90. The van der Waals surface area contributed by atoms with Crippen molar-refractivity contribution in [2.75, 3.05) is 13.1 Å². The van der Waals surface area contributed by atoms with Gasteiger partial charge in [-0.1, -0.05) is 12.1 Å². The van der Waals surface area contributed by atoms with Gasteiger partial charge in [0.05, 0.1) is 0 Å². The molecule has 2 atom stereocenters. The molecular formula is C14H18N2O4. The van der Waals surface area contributed by atoms with Crippen LogP contribution in [0.25, 0.3) is 0 Å². The van der Waals surface area contributed by atoms with Crippen LogP contribution in [0.1, 0.15) is 13.8 Å². The van der Waals surface area contributed by atoms with E-state index in [1.165, 1.54) is 6.92 Å². The zero-order chi connectivity index (χ0) is 14.5. The summed E-state index contributed by atoms with van der Waals surface area (Å²) in [5.41, 5.74) is 0. The summed E-state index contributed by atoms with van der Waals surface area (Å²) in [6.45, 7) is 3.96. The quantitative estimate of drug-likeness (QED) is 0.785. The van der Waals surface area contributed by atoms with Gasteiger partial charge < -0.3 is 20.1 Å². The normalized spacial score (nSPS) is 20.1. The van der Waals surface area contributed by atoms with Crippen molar-refractivity contribution in [1.29, 1.82) is 0 Å². The number of ether oxygens (including phenoxy) is 2. The fourth-order valence-corrected chi connectivity index (χ4v) is 1.93. The van der Waals surface area contributed by atoms with Crippen molar-refractivity contribution in [1.82, 2.24) is 10.6 Å². The Hall–Kier alpha value is -2.24. The predicted octanol–water partition coefficient (Wildman–Crippen LogP) is 0.467. The van der Waals surface area contributed by atoms with Gasteiger partial charge in [-0.15, -0.1) is 0 Å². The number of carbonyl (C=O) groups excluding carboxylic acids is 2. The van der Waals surface area contributed by atoms with Gasteiger partial charge in [-0.25, -0.2) is 0 Å². The van der Waals surface area contributed by atoms with Crippen LogP contribution in [-0.4, -0.2) is 37.1 Å². The van der Waals surface area contributed by atoms with E-state index in [-0.39, 0.29) is 17.9 Å². The maximum Gasteiger partial charge on any atom is 0.265 e. The van der Waals surface area contributed by atoms with Gasteiger partial charge in [0.25, 0.3) is 5.91 Å². The molecule has 2 amide bonds. The lowest BCUT2D eigenvalue weighted by atomic mass is 10.1. The van der Waals surface area contributed by atoms with Crippen LogP contribution < -0.4 is 20.1 Å². The monoisotopic (exact) mass is 278 g/mol. The van der Waals surface area contributed by atoms with Gasteiger partial charge in [-0.2, -0.15) is 0 Å². The molecule has 1 heterocycles. The van der Waals surface area contributed by atoms with Crippen molar-refractivity contribution in [3.8, 4) is 11.5 Å². The predicted molar refractivity (Wildman–Crippen MR) is 72.6 cm³/mol. The highest BCUT2D eigenvalue weighted by molar-refractivity contribution is 5.82. The Kier molecular flexibility index (Phi) is 4.45. The number of nitrogens with one attached hydrogen (secondary N) is 2. The first kappa shape index (κ1) is 14.2.